The summed E-state index contributed by atoms with van der Waals surface area (Å²) in [4.78, 5) is 16.3. The minimum atomic E-state index is -0.0376. The maximum atomic E-state index is 12.2. The lowest BCUT2D eigenvalue weighted by atomic mass is 9.84. The largest absolute Gasteiger partial charge is 0.385 e. The molecule has 0 saturated heterocycles. The minimum Gasteiger partial charge on any atom is -0.385 e. The van der Waals surface area contributed by atoms with E-state index in [9.17, 15) is 4.79 Å². The number of thioether (sulfide) groups is 1. The Kier molecular flexibility index (Phi) is 4.69. The fourth-order valence-corrected chi connectivity index (χ4v) is 3.19. The molecule has 5 heteroatoms. The zero-order chi connectivity index (χ0) is 13.7. The number of nitrogens with one attached hydrogen (secondary N) is 2. The lowest BCUT2D eigenvalue weighted by Crippen LogP contribution is -2.45. The Balaban J connectivity index is 1.99. The van der Waals surface area contributed by atoms with Crippen molar-refractivity contribution in [1.82, 2.24) is 10.3 Å². The van der Waals surface area contributed by atoms with Crippen LogP contribution in [0.15, 0.2) is 18.5 Å². The first-order valence-electron chi connectivity index (χ1n) is 6.72. The van der Waals surface area contributed by atoms with Crippen LogP contribution < -0.4 is 10.6 Å². The Morgan fingerprint density at radius 1 is 1.53 bits per heavy atom. The van der Waals surface area contributed by atoms with Gasteiger partial charge >= 0.3 is 0 Å². The van der Waals surface area contributed by atoms with Crippen molar-refractivity contribution in [3.05, 3.63) is 24.0 Å². The second-order valence-corrected chi connectivity index (χ2v) is 6.15. The molecule has 0 aromatic carbocycles. The lowest BCUT2D eigenvalue weighted by Gasteiger charge is -2.40. The molecule has 0 radical (unpaired) electrons. The minimum absolute atomic E-state index is 0.0376. The van der Waals surface area contributed by atoms with Gasteiger partial charge in [-0.05, 0) is 32.1 Å². The summed E-state index contributed by atoms with van der Waals surface area (Å²) in [5.74, 6) is -0.0376. The van der Waals surface area contributed by atoms with Crippen LogP contribution in [0.25, 0.3) is 0 Å². The van der Waals surface area contributed by atoms with Crippen LogP contribution in [0, 0.1) is 0 Å². The maximum Gasteiger partial charge on any atom is 0.255 e. The van der Waals surface area contributed by atoms with Crippen LogP contribution in [0.1, 0.15) is 36.5 Å². The van der Waals surface area contributed by atoms with Crippen LogP contribution in [0.2, 0.25) is 0 Å². The molecular formula is C14H21N3OS. The molecule has 2 N–H and O–H groups in total. The summed E-state index contributed by atoms with van der Waals surface area (Å²) in [6.07, 6.45) is 9.11. The third-order valence-electron chi connectivity index (χ3n) is 3.70. The molecule has 0 spiro atoms. The number of aromatic nitrogens is 1. The molecule has 1 amide bonds. The fraction of sp³-hybridized carbons (Fsp3) is 0.571. The van der Waals surface area contributed by atoms with E-state index in [1.165, 1.54) is 19.3 Å². The third-order valence-corrected chi connectivity index (χ3v) is 5.12. The Morgan fingerprint density at radius 2 is 2.32 bits per heavy atom. The smallest absolute Gasteiger partial charge is 0.255 e. The highest BCUT2D eigenvalue weighted by Crippen LogP contribution is 2.42. The summed E-state index contributed by atoms with van der Waals surface area (Å²) in [5, 5.41) is 6.24. The molecule has 0 aliphatic heterocycles. The number of amides is 1. The van der Waals surface area contributed by atoms with Crippen molar-refractivity contribution in [3.8, 4) is 0 Å². The van der Waals surface area contributed by atoms with Crippen molar-refractivity contribution in [1.29, 1.82) is 0 Å². The predicted molar refractivity (Wildman–Crippen MR) is 80.8 cm³/mol. The molecule has 0 atom stereocenters. The van der Waals surface area contributed by atoms with Crippen LogP contribution >= 0.6 is 11.8 Å². The number of anilines is 1. The Bertz CT molecular complexity index is 441. The summed E-state index contributed by atoms with van der Waals surface area (Å²) in [7, 11) is 0. The van der Waals surface area contributed by atoms with Crippen molar-refractivity contribution < 1.29 is 4.79 Å². The van der Waals surface area contributed by atoms with Gasteiger partial charge < -0.3 is 10.6 Å². The van der Waals surface area contributed by atoms with Gasteiger partial charge in [0.2, 0.25) is 0 Å². The number of rotatable bonds is 6. The topological polar surface area (TPSA) is 54.0 Å². The van der Waals surface area contributed by atoms with Crippen LogP contribution in [-0.2, 0) is 0 Å². The molecule has 1 aromatic rings. The first kappa shape index (κ1) is 14.2. The number of nitrogens with zero attached hydrogens (tertiary/aromatic N) is 1. The summed E-state index contributed by atoms with van der Waals surface area (Å²) in [6, 6.07) is 1.84. The first-order chi connectivity index (χ1) is 9.21. The van der Waals surface area contributed by atoms with E-state index in [-0.39, 0.29) is 10.7 Å². The molecule has 1 saturated carbocycles. The Labute approximate surface area is 118 Å². The molecule has 0 unspecified atom stereocenters. The second-order valence-electron chi connectivity index (χ2n) is 4.87. The van der Waals surface area contributed by atoms with E-state index < -0.39 is 0 Å². The molecule has 1 aliphatic carbocycles. The molecule has 2 rings (SSSR count). The van der Waals surface area contributed by atoms with E-state index in [0.29, 0.717) is 5.56 Å². The van der Waals surface area contributed by atoms with E-state index in [4.69, 9.17) is 0 Å². The lowest BCUT2D eigenvalue weighted by molar-refractivity contribution is 0.0944. The van der Waals surface area contributed by atoms with Crippen molar-refractivity contribution in [2.45, 2.75) is 30.9 Å². The molecule has 0 bridgehead atoms. The molecular weight excluding hydrogens is 258 g/mol. The molecule has 1 aromatic heterocycles. The fourth-order valence-electron chi connectivity index (χ4n) is 2.28. The second kappa shape index (κ2) is 6.28. The molecule has 19 heavy (non-hydrogen) atoms. The summed E-state index contributed by atoms with van der Waals surface area (Å²) < 4.78 is 0.260. The quantitative estimate of drug-likeness (QED) is 0.840. The number of carbonyl (C=O) groups excluding carboxylic acids is 1. The van der Waals surface area contributed by atoms with Gasteiger partial charge in [-0.25, -0.2) is 0 Å². The van der Waals surface area contributed by atoms with Gasteiger partial charge in [0.1, 0.15) is 0 Å². The van der Waals surface area contributed by atoms with Crippen LogP contribution in [0.5, 0.6) is 0 Å². The van der Waals surface area contributed by atoms with Gasteiger partial charge in [0.15, 0.2) is 0 Å². The number of hydrogen-bond acceptors (Lipinski definition) is 4. The number of carbonyl (C=O) groups is 1. The molecule has 1 heterocycles. The van der Waals surface area contributed by atoms with Gasteiger partial charge in [-0.1, -0.05) is 6.42 Å². The highest BCUT2D eigenvalue weighted by molar-refractivity contribution is 8.00. The standard InChI is InChI=1S/C14H21N3OS/c1-3-16-12-5-8-15-9-11(12)13(18)17-10-14(19-2)6-4-7-14/h5,8-9H,3-4,6-7,10H2,1-2H3,(H,15,16)(H,17,18). The Morgan fingerprint density at radius 3 is 2.89 bits per heavy atom. The zero-order valence-corrected chi connectivity index (χ0v) is 12.3. The number of pyridine rings is 1. The Hall–Kier alpha value is -1.23. The maximum absolute atomic E-state index is 12.2. The van der Waals surface area contributed by atoms with Crippen LogP contribution in [-0.4, -0.2) is 35.0 Å². The monoisotopic (exact) mass is 279 g/mol. The predicted octanol–water partition coefficient (Wildman–Crippen LogP) is 2.53. The van der Waals surface area contributed by atoms with E-state index >= 15 is 0 Å². The summed E-state index contributed by atoms with van der Waals surface area (Å²) >= 11 is 1.86. The van der Waals surface area contributed by atoms with Gasteiger partial charge in [0.25, 0.3) is 5.91 Å². The van der Waals surface area contributed by atoms with Gasteiger partial charge in [0, 0.05) is 30.2 Å². The van der Waals surface area contributed by atoms with Crippen LogP contribution in [0.3, 0.4) is 0 Å². The highest BCUT2D eigenvalue weighted by atomic mass is 32.2. The highest BCUT2D eigenvalue weighted by Gasteiger charge is 2.36. The van der Waals surface area contributed by atoms with Crippen molar-refractivity contribution in [3.63, 3.8) is 0 Å². The third kappa shape index (κ3) is 3.21. The van der Waals surface area contributed by atoms with Crippen LogP contribution in [0.4, 0.5) is 5.69 Å². The normalized spacial score (nSPS) is 16.5. The van der Waals surface area contributed by atoms with Crippen molar-refractivity contribution in [2.24, 2.45) is 0 Å². The molecule has 104 valence electrons. The number of hydrogen-bond donors (Lipinski definition) is 2. The van der Waals surface area contributed by atoms with E-state index in [2.05, 4.69) is 21.9 Å². The van der Waals surface area contributed by atoms with E-state index in [0.717, 1.165) is 18.8 Å². The van der Waals surface area contributed by atoms with Gasteiger partial charge in [-0.2, -0.15) is 11.8 Å². The summed E-state index contributed by atoms with van der Waals surface area (Å²) in [6.45, 7) is 3.55. The van der Waals surface area contributed by atoms with E-state index in [1.807, 2.05) is 24.8 Å². The van der Waals surface area contributed by atoms with Crippen molar-refractivity contribution in [2.75, 3.05) is 24.7 Å². The average Bonchev–Trinajstić information content (AvgIpc) is 2.39. The summed E-state index contributed by atoms with van der Waals surface area (Å²) in [5.41, 5.74) is 1.47. The molecule has 1 fully saturated rings. The van der Waals surface area contributed by atoms with Gasteiger partial charge in [-0.15, -0.1) is 0 Å². The molecule has 1 aliphatic rings. The SMILES string of the molecule is CCNc1ccncc1C(=O)NCC1(SC)CCC1. The zero-order valence-electron chi connectivity index (χ0n) is 11.5. The molecule has 4 nitrogen and oxygen atoms in total. The average molecular weight is 279 g/mol. The van der Waals surface area contributed by atoms with Crippen molar-refractivity contribution >= 4 is 23.4 Å². The van der Waals surface area contributed by atoms with Gasteiger partial charge in [-0.3, -0.25) is 9.78 Å². The van der Waals surface area contributed by atoms with E-state index in [1.54, 1.807) is 12.4 Å². The van der Waals surface area contributed by atoms with Gasteiger partial charge in [0.05, 0.1) is 11.3 Å². The first-order valence-corrected chi connectivity index (χ1v) is 7.94.